The van der Waals surface area contributed by atoms with E-state index in [-0.39, 0.29) is 12.5 Å². The summed E-state index contributed by atoms with van der Waals surface area (Å²) in [5, 5.41) is 2.76. The molecule has 1 aliphatic heterocycles. The summed E-state index contributed by atoms with van der Waals surface area (Å²) in [5.41, 5.74) is 7.94. The highest BCUT2D eigenvalue weighted by Crippen LogP contribution is 2.33. The Bertz CT molecular complexity index is 807. The molecule has 1 aliphatic rings. The molecule has 7 nitrogen and oxygen atoms in total. The number of hydrogen-bond donors (Lipinski definition) is 2. The first kappa shape index (κ1) is 16.6. The van der Waals surface area contributed by atoms with Crippen molar-refractivity contribution in [2.45, 2.75) is 0 Å². The van der Waals surface area contributed by atoms with Gasteiger partial charge in [0.2, 0.25) is 5.91 Å². The van der Waals surface area contributed by atoms with E-state index >= 15 is 0 Å². The summed E-state index contributed by atoms with van der Waals surface area (Å²) in [6.45, 7) is 1.18. The third kappa shape index (κ3) is 3.65. The molecule has 2 aromatic carbocycles. The number of ether oxygens (including phenoxy) is 2. The zero-order chi connectivity index (χ0) is 17.8. The molecule has 25 heavy (non-hydrogen) atoms. The van der Waals surface area contributed by atoms with Crippen LogP contribution in [-0.4, -0.2) is 38.7 Å². The van der Waals surface area contributed by atoms with Crippen molar-refractivity contribution in [3.8, 4) is 5.75 Å². The van der Waals surface area contributed by atoms with Gasteiger partial charge < -0.3 is 25.4 Å². The van der Waals surface area contributed by atoms with Crippen molar-refractivity contribution >= 4 is 28.9 Å². The normalized spacial score (nSPS) is 12.8. The van der Waals surface area contributed by atoms with Crippen molar-refractivity contribution in [1.29, 1.82) is 0 Å². The van der Waals surface area contributed by atoms with Gasteiger partial charge in [-0.3, -0.25) is 4.79 Å². The second kappa shape index (κ2) is 7.12. The summed E-state index contributed by atoms with van der Waals surface area (Å²) in [7, 11) is 1.30. The first-order chi connectivity index (χ1) is 12.1. The van der Waals surface area contributed by atoms with E-state index in [0.717, 1.165) is 5.69 Å². The Morgan fingerprint density at radius 2 is 2.08 bits per heavy atom. The van der Waals surface area contributed by atoms with Crippen LogP contribution in [0.4, 0.5) is 17.1 Å². The number of para-hydroxylation sites is 1. The fraction of sp³-hybridized carbons (Fsp3) is 0.222. The smallest absolute Gasteiger partial charge is 0.339 e. The number of nitrogen functional groups attached to an aromatic ring is 1. The number of amides is 1. The van der Waals surface area contributed by atoms with E-state index < -0.39 is 5.97 Å². The Morgan fingerprint density at radius 3 is 2.88 bits per heavy atom. The molecule has 0 saturated heterocycles. The van der Waals surface area contributed by atoms with E-state index in [1.807, 2.05) is 4.90 Å². The maximum atomic E-state index is 12.5. The Morgan fingerprint density at radius 1 is 1.28 bits per heavy atom. The van der Waals surface area contributed by atoms with Gasteiger partial charge in [0, 0.05) is 5.69 Å². The Kier molecular flexibility index (Phi) is 4.74. The summed E-state index contributed by atoms with van der Waals surface area (Å²) in [6, 6.07) is 12.1. The Hall–Kier alpha value is -3.22. The molecule has 130 valence electrons. The predicted molar refractivity (Wildman–Crippen MR) is 95.0 cm³/mol. The molecule has 1 amide bonds. The second-order valence-electron chi connectivity index (χ2n) is 5.58. The zero-order valence-corrected chi connectivity index (χ0v) is 13.8. The van der Waals surface area contributed by atoms with Gasteiger partial charge in [0.1, 0.15) is 12.4 Å². The molecule has 0 unspecified atom stereocenters. The van der Waals surface area contributed by atoms with Gasteiger partial charge in [0.05, 0.1) is 37.1 Å². The molecule has 0 atom stereocenters. The standard InChI is InChI=1S/C18H19N3O4/c1-24-18(23)13-4-2-3-5-14(13)20-17(22)11-21-8-9-25-16-7-6-12(19)10-15(16)21/h2-7,10H,8-9,11,19H2,1H3,(H,20,22). The maximum absolute atomic E-state index is 12.5. The van der Waals surface area contributed by atoms with Gasteiger partial charge in [-0.2, -0.15) is 0 Å². The number of hydrogen-bond acceptors (Lipinski definition) is 6. The third-order valence-electron chi connectivity index (χ3n) is 3.88. The van der Waals surface area contributed by atoms with Gasteiger partial charge in [-0.15, -0.1) is 0 Å². The number of anilines is 3. The van der Waals surface area contributed by atoms with Crippen molar-refractivity contribution in [3.05, 3.63) is 48.0 Å². The van der Waals surface area contributed by atoms with E-state index in [1.54, 1.807) is 42.5 Å². The number of methoxy groups -OCH3 is 1. The van der Waals surface area contributed by atoms with Crippen LogP contribution in [0.3, 0.4) is 0 Å². The van der Waals surface area contributed by atoms with Crippen LogP contribution in [0.25, 0.3) is 0 Å². The molecule has 0 saturated carbocycles. The van der Waals surface area contributed by atoms with Crippen LogP contribution in [0.2, 0.25) is 0 Å². The van der Waals surface area contributed by atoms with E-state index in [0.29, 0.717) is 35.8 Å². The number of rotatable bonds is 4. The molecule has 0 fully saturated rings. The number of nitrogens with one attached hydrogen (secondary N) is 1. The number of fused-ring (bicyclic) bond motifs is 1. The van der Waals surface area contributed by atoms with Crippen LogP contribution in [0.1, 0.15) is 10.4 Å². The van der Waals surface area contributed by atoms with E-state index in [4.69, 9.17) is 15.2 Å². The molecule has 0 spiro atoms. The van der Waals surface area contributed by atoms with E-state index in [1.165, 1.54) is 7.11 Å². The number of benzene rings is 2. The predicted octanol–water partition coefficient (Wildman–Crippen LogP) is 1.89. The van der Waals surface area contributed by atoms with Gasteiger partial charge in [0.15, 0.2) is 0 Å². The lowest BCUT2D eigenvalue weighted by molar-refractivity contribution is -0.115. The second-order valence-corrected chi connectivity index (χ2v) is 5.58. The minimum absolute atomic E-state index is 0.120. The molecule has 0 aliphatic carbocycles. The number of nitrogens with zero attached hydrogens (tertiary/aromatic N) is 1. The lowest BCUT2D eigenvalue weighted by Crippen LogP contribution is -2.39. The highest BCUT2D eigenvalue weighted by molar-refractivity contribution is 6.02. The zero-order valence-electron chi connectivity index (χ0n) is 13.8. The van der Waals surface area contributed by atoms with Crippen LogP contribution in [0.15, 0.2) is 42.5 Å². The molecular formula is C18H19N3O4. The SMILES string of the molecule is COC(=O)c1ccccc1NC(=O)CN1CCOc2ccc(N)cc21. The number of carbonyl (C=O) groups excluding carboxylic acids is 2. The molecule has 3 rings (SSSR count). The maximum Gasteiger partial charge on any atom is 0.339 e. The van der Waals surface area contributed by atoms with Gasteiger partial charge in [0.25, 0.3) is 0 Å². The number of nitrogens with two attached hydrogens (primary N) is 1. The van der Waals surface area contributed by atoms with Crippen LogP contribution >= 0.6 is 0 Å². The van der Waals surface area contributed by atoms with Crippen molar-refractivity contribution in [2.75, 3.05) is 42.8 Å². The summed E-state index contributed by atoms with van der Waals surface area (Å²) >= 11 is 0. The molecule has 0 radical (unpaired) electrons. The highest BCUT2D eigenvalue weighted by atomic mass is 16.5. The van der Waals surface area contributed by atoms with Gasteiger partial charge in [-0.05, 0) is 30.3 Å². The Labute approximate surface area is 145 Å². The fourth-order valence-corrected chi connectivity index (χ4v) is 2.70. The summed E-state index contributed by atoms with van der Waals surface area (Å²) < 4.78 is 10.3. The third-order valence-corrected chi connectivity index (χ3v) is 3.88. The van der Waals surface area contributed by atoms with Crippen molar-refractivity contribution in [1.82, 2.24) is 0 Å². The van der Waals surface area contributed by atoms with Crippen molar-refractivity contribution < 1.29 is 19.1 Å². The fourth-order valence-electron chi connectivity index (χ4n) is 2.70. The summed E-state index contributed by atoms with van der Waals surface area (Å²) in [4.78, 5) is 26.1. The van der Waals surface area contributed by atoms with Gasteiger partial charge in [-0.25, -0.2) is 4.79 Å². The molecule has 7 heteroatoms. The average molecular weight is 341 g/mol. The Balaban J connectivity index is 1.75. The monoisotopic (exact) mass is 341 g/mol. The highest BCUT2D eigenvalue weighted by Gasteiger charge is 2.21. The minimum atomic E-state index is -0.500. The molecule has 2 aromatic rings. The van der Waals surface area contributed by atoms with E-state index in [2.05, 4.69) is 5.32 Å². The number of carbonyl (C=O) groups is 2. The number of esters is 1. The van der Waals surface area contributed by atoms with Crippen molar-refractivity contribution in [2.24, 2.45) is 0 Å². The van der Waals surface area contributed by atoms with Gasteiger partial charge >= 0.3 is 5.97 Å². The van der Waals surface area contributed by atoms with Gasteiger partial charge in [-0.1, -0.05) is 12.1 Å². The topological polar surface area (TPSA) is 93.9 Å². The van der Waals surface area contributed by atoms with Crippen LogP contribution in [-0.2, 0) is 9.53 Å². The van der Waals surface area contributed by atoms with Crippen molar-refractivity contribution in [3.63, 3.8) is 0 Å². The summed E-state index contributed by atoms with van der Waals surface area (Å²) in [6.07, 6.45) is 0. The summed E-state index contributed by atoms with van der Waals surface area (Å²) in [5.74, 6) is -0.0461. The lowest BCUT2D eigenvalue weighted by Gasteiger charge is -2.30. The molecular weight excluding hydrogens is 322 g/mol. The quantitative estimate of drug-likeness (QED) is 0.651. The first-order valence-corrected chi connectivity index (χ1v) is 7.83. The van der Waals surface area contributed by atoms with Crippen LogP contribution < -0.4 is 20.7 Å². The molecule has 1 heterocycles. The van der Waals surface area contributed by atoms with Crippen LogP contribution in [0.5, 0.6) is 5.75 Å². The lowest BCUT2D eigenvalue weighted by atomic mass is 10.1. The average Bonchev–Trinajstić information content (AvgIpc) is 2.62. The van der Waals surface area contributed by atoms with Crippen LogP contribution in [0, 0.1) is 0 Å². The minimum Gasteiger partial charge on any atom is -0.490 e. The van der Waals surface area contributed by atoms with E-state index in [9.17, 15) is 9.59 Å². The largest absolute Gasteiger partial charge is 0.490 e. The first-order valence-electron chi connectivity index (χ1n) is 7.83. The molecule has 0 bridgehead atoms. The molecule has 0 aromatic heterocycles. The molecule has 3 N–H and O–H groups in total.